The Morgan fingerprint density at radius 2 is 2.00 bits per heavy atom. The molecule has 3 rings (SSSR count). The molecule has 0 aliphatic heterocycles. The lowest BCUT2D eigenvalue weighted by molar-refractivity contribution is 0.619. The van der Waals surface area contributed by atoms with E-state index >= 15 is 0 Å². The van der Waals surface area contributed by atoms with E-state index in [1.807, 2.05) is 24.3 Å². The summed E-state index contributed by atoms with van der Waals surface area (Å²) in [5.74, 6) is -0.252. The smallest absolute Gasteiger partial charge is 0.128 e. The van der Waals surface area contributed by atoms with Crippen molar-refractivity contribution in [3.63, 3.8) is 0 Å². The summed E-state index contributed by atoms with van der Waals surface area (Å²) in [6.07, 6.45) is 1.60. The average Bonchev–Trinajstić information content (AvgIpc) is 2.46. The summed E-state index contributed by atoms with van der Waals surface area (Å²) in [6.45, 7) is 1.73. The molecule has 3 nitrogen and oxygen atoms in total. The number of nitrogen functional groups attached to an aromatic ring is 1. The van der Waals surface area contributed by atoms with Crippen LogP contribution in [0, 0.1) is 12.7 Å². The van der Waals surface area contributed by atoms with Gasteiger partial charge in [-0.25, -0.2) is 4.39 Å². The SMILES string of the molecule is Cc1ccc(Nc2c(N)cnc3ccc(Br)cc23)cc1F. The Hall–Kier alpha value is -2.14. The van der Waals surface area contributed by atoms with Gasteiger partial charge >= 0.3 is 0 Å². The van der Waals surface area contributed by atoms with Crippen LogP contribution in [0.4, 0.5) is 21.5 Å². The number of pyridine rings is 1. The third-order valence-electron chi connectivity index (χ3n) is 3.30. The molecule has 0 amide bonds. The molecule has 106 valence electrons. The summed E-state index contributed by atoms with van der Waals surface area (Å²) < 4.78 is 14.6. The molecule has 0 atom stereocenters. The van der Waals surface area contributed by atoms with Crippen molar-refractivity contribution >= 4 is 43.9 Å². The third-order valence-corrected chi connectivity index (χ3v) is 3.79. The highest BCUT2D eigenvalue weighted by molar-refractivity contribution is 9.10. The number of hydrogen-bond donors (Lipinski definition) is 2. The first-order valence-electron chi connectivity index (χ1n) is 6.41. The van der Waals surface area contributed by atoms with E-state index in [-0.39, 0.29) is 5.82 Å². The standard InChI is InChI=1S/C16H13BrFN3/c1-9-2-4-11(7-13(9)18)21-16-12-6-10(17)3-5-15(12)20-8-14(16)19/h2-8H,19H2,1H3,(H,20,21). The van der Waals surface area contributed by atoms with Crippen molar-refractivity contribution < 1.29 is 4.39 Å². The van der Waals surface area contributed by atoms with Crippen molar-refractivity contribution in [2.24, 2.45) is 0 Å². The molecule has 0 saturated carbocycles. The molecule has 0 bridgehead atoms. The van der Waals surface area contributed by atoms with Gasteiger partial charge in [-0.15, -0.1) is 0 Å². The van der Waals surface area contributed by atoms with Crippen LogP contribution in [0.5, 0.6) is 0 Å². The van der Waals surface area contributed by atoms with Gasteiger partial charge in [-0.1, -0.05) is 22.0 Å². The van der Waals surface area contributed by atoms with Crippen molar-refractivity contribution in [2.45, 2.75) is 6.92 Å². The van der Waals surface area contributed by atoms with E-state index in [9.17, 15) is 4.39 Å². The number of fused-ring (bicyclic) bond motifs is 1. The predicted octanol–water partition coefficient (Wildman–Crippen LogP) is 4.77. The summed E-state index contributed by atoms with van der Waals surface area (Å²) in [6, 6.07) is 10.8. The number of halogens is 2. The molecule has 1 aromatic heterocycles. The molecular weight excluding hydrogens is 333 g/mol. The molecule has 0 spiro atoms. The van der Waals surface area contributed by atoms with E-state index in [0.29, 0.717) is 16.9 Å². The third kappa shape index (κ3) is 2.69. The Kier molecular flexibility index (Phi) is 3.51. The van der Waals surface area contributed by atoms with Gasteiger partial charge in [0.25, 0.3) is 0 Å². The van der Waals surface area contributed by atoms with E-state index < -0.39 is 0 Å². The Labute approximate surface area is 130 Å². The van der Waals surface area contributed by atoms with Gasteiger partial charge in [0.2, 0.25) is 0 Å². The lowest BCUT2D eigenvalue weighted by Gasteiger charge is -2.13. The molecule has 0 saturated heterocycles. The highest BCUT2D eigenvalue weighted by Crippen LogP contribution is 2.32. The number of nitrogens with one attached hydrogen (secondary N) is 1. The topological polar surface area (TPSA) is 50.9 Å². The number of aryl methyl sites for hydroxylation is 1. The number of rotatable bonds is 2. The van der Waals surface area contributed by atoms with E-state index in [1.54, 1.807) is 19.2 Å². The highest BCUT2D eigenvalue weighted by Gasteiger charge is 2.09. The molecule has 0 fully saturated rings. The summed E-state index contributed by atoms with van der Waals surface area (Å²) >= 11 is 3.44. The van der Waals surface area contributed by atoms with E-state index in [0.717, 1.165) is 21.1 Å². The zero-order chi connectivity index (χ0) is 15.0. The quantitative estimate of drug-likeness (QED) is 0.703. The Bertz CT molecular complexity index is 828. The Morgan fingerprint density at radius 1 is 1.19 bits per heavy atom. The van der Waals surface area contributed by atoms with Gasteiger partial charge in [-0.2, -0.15) is 0 Å². The normalized spacial score (nSPS) is 10.8. The average molecular weight is 346 g/mol. The Morgan fingerprint density at radius 3 is 2.76 bits per heavy atom. The maximum atomic E-state index is 13.7. The molecule has 2 aromatic carbocycles. The predicted molar refractivity (Wildman–Crippen MR) is 88.3 cm³/mol. The molecule has 0 unspecified atom stereocenters. The van der Waals surface area contributed by atoms with Gasteiger partial charge in [0.05, 0.1) is 23.1 Å². The van der Waals surface area contributed by atoms with Crippen molar-refractivity contribution in [1.29, 1.82) is 0 Å². The van der Waals surface area contributed by atoms with E-state index in [2.05, 4.69) is 26.2 Å². The molecule has 3 aromatic rings. The molecule has 5 heteroatoms. The largest absolute Gasteiger partial charge is 0.396 e. The van der Waals surface area contributed by atoms with Gasteiger partial charge in [0, 0.05) is 15.5 Å². The van der Waals surface area contributed by atoms with Gasteiger partial charge in [-0.3, -0.25) is 4.98 Å². The van der Waals surface area contributed by atoms with Gasteiger partial charge in [0.15, 0.2) is 0 Å². The molecule has 3 N–H and O–H groups in total. The summed E-state index contributed by atoms with van der Waals surface area (Å²) in [5, 5.41) is 4.06. The zero-order valence-electron chi connectivity index (χ0n) is 11.3. The van der Waals surface area contributed by atoms with Crippen LogP contribution in [0.1, 0.15) is 5.56 Å². The van der Waals surface area contributed by atoms with Crippen LogP contribution < -0.4 is 11.1 Å². The van der Waals surface area contributed by atoms with E-state index in [4.69, 9.17) is 5.73 Å². The lowest BCUT2D eigenvalue weighted by Crippen LogP contribution is -1.99. The molecule has 0 aliphatic rings. The molecule has 0 aliphatic carbocycles. The molecule has 1 heterocycles. The maximum absolute atomic E-state index is 13.7. The molecule has 0 radical (unpaired) electrons. The van der Waals surface area contributed by atoms with Gasteiger partial charge in [-0.05, 0) is 42.8 Å². The second-order valence-electron chi connectivity index (χ2n) is 4.84. The van der Waals surface area contributed by atoms with Gasteiger partial charge < -0.3 is 11.1 Å². The summed E-state index contributed by atoms with van der Waals surface area (Å²) in [7, 11) is 0. The van der Waals surface area contributed by atoms with Gasteiger partial charge in [0.1, 0.15) is 5.82 Å². The number of nitrogens with zero attached hydrogens (tertiary/aromatic N) is 1. The van der Waals surface area contributed by atoms with Crippen LogP contribution in [0.2, 0.25) is 0 Å². The monoisotopic (exact) mass is 345 g/mol. The minimum absolute atomic E-state index is 0.252. The van der Waals surface area contributed by atoms with Crippen LogP contribution in [-0.2, 0) is 0 Å². The minimum atomic E-state index is -0.252. The maximum Gasteiger partial charge on any atom is 0.128 e. The van der Waals surface area contributed by atoms with E-state index in [1.165, 1.54) is 6.07 Å². The molecular formula is C16H13BrFN3. The fourth-order valence-electron chi connectivity index (χ4n) is 2.13. The Balaban J connectivity index is 2.12. The first kappa shape index (κ1) is 13.8. The fraction of sp³-hybridized carbons (Fsp3) is 0.0625. The van der Waals surface area contributed by atoms with Crippen molar-refractivity contribution in [2.75, 3.05) is 11.1 Å². The van der Waals surface area contributed by atoms with Crippen LogP contribution in [-0.4, -0.2) is 4.98 Å². The first-order valence-corrected chi connectivity index (χ1v) is 7.21. The molecule has 21 heavy (non-hydrogen) atoms. The second kappa shape index (κ2) is 5.33. The minimum Gasteiger partial charge on any atom is -0.396 e. The second-order valence-corrected chi connectivity index (χ2v) is 5.75. The number of hydrogen-bond acceptors (Lipinski definition) is 3. The van der Waals surface area contributed by atoms with Crippen molar-refractivity contribution in [3.05, 3.63) is 58.4 Å². The lowest BCUT2D eigenvalue weighted by atomic mass is 10.1. The summed E-state index contributed by atoms with van der Waals surface area (Å²) in [4.78, 5) is 4.30. The first-order chi connectivity index (χ1) is 10.0. The number of benzene rings is 2. The highest BCUT2D eigenvalue weighted by atomic mass is 79.9. The van der Waals surface area contributed by atoms with Crippen molar-refractivity contribution in [1.82, 2.24) is 4.98 Å². The number of anilines is 3. The van der Waals surface area contributed by atoms with Crippen LogP contribution in [0.3, 0.4) is 0 Å². The zero-order valence-corrected chi connectivity index (χ0v) is 12.9. The number of nitrogens with two attached hydrogens (primary N) is 1. The van der Waals surface area contributed by atoms with Crippen molar-refractivity contribution in [3.8, 4) is 0 Å². The number of aromatic nitrogens is 1. The van der Waals surface area contributed by atoms with Crippen LogP contribution in [0.15, 0.2) is 47.1 Å². The summed E-state index contributed by atoms with van der Waals surface area (Å²) in [5.41, 5.74) is 9.34. The van der Waals surface area contributed by atoms with Crippen LogP contribution in [0.25, 0.3) is 10.9 Å². The van der Waals surface area contributed by atoms with Crippen LogP contribution >= 0.6 is 15.9 Å². The fourth-order valence-corrected chi connectivity index (χ4v) is 2.50.